The molecule has 0 aliphatic carbocycles. The summed E-state index contributed by atoms with van der Waals surface area (Å²) in [7, 11) is 0. The lowest BCUT2D eigenvalue weighted by molar-refractivity contribution is -0.138. The molecule has 5 aromatic rings. The summed E-state index contributed by atoms with van der Waals surface area (Å²) < 4.78 is 58.0. The molecule has 12 heteroatoms. The third kappa shape index (κ3) is 4.89. The summed E-state index contributed by atoms with van der Waals surface area (Å²) in [5, 5.41) is 8.70. The Balaban J connectivity index is 1.31. The number of fused-ring (bicyclic) bond motifs is 2. The average Bonchev–Trinajstić information content (AvgIpc) is 3.29. The minimum absolute atomic E-state index is 0.216. The third-order valence-electron chi connectivity index (χ3n) is 6.28. The SMILES string of the molecule is CC(CCCn1ccc2cc(-c3cn4ccccc4n3)c(F)cc2c1=O)Nc1cn[nH]c(=O)c1C(F)(F)F. The molecular weight excluding hydrogens is 504 g/mol. The lowest BCUT2D eigenvalue weighted by Gasteiger charge is -2.18. The van der Waals surface area contributed by atoms with Gasteiger partial charge in [0.05, 0.1) is 23.0 Å². The number of nitrogens with one attached hydrogen (secondary N) is 2. The van der Waals surface area contributed by atoms with Gasteiger partial charge in [-0.1, -0.05) is 6.07 Å². The van der Waals surface area contributed by atoms with Gasteiger partial charge in [0.1, 0.15) is 17.0 Å². The number of nitrogens with zero attached hydrogens (tertiary/aromatic N) is 4. The van der Waals surface area contributed by atoms with Crippen LogP contribution in [0.25, 0.3) is 27.7 Å². The number of anilines is 1. The van der Waals surface area contributed by atoms with E-state index in [1.807, 2.05) is 24.4 Å². The standard InChI is InChI=1S/C26H22F4N6O2/c1-15(32-20-13-31-34-24(37)23(20)26(28,29)30)5-4-9-35-10-7-16-11-18(19(27)12-17(16)25(35)38)21-14-36-8-3-2-6-22(36)33-21/h2-3,6-8,10-15H,4-5,9H2,1H3,(H2,32,34,37). The molecule has 1 aromatic carbocycles. The molecule has 0 spiro atoms. The van der Waals surface area contributed by atoms with Crippen molar-refractivity contribution in [3.05, 3.63) is 93.3 Å². The second kappa shape index (κ2) is 9.77. The Morgan fingerprint density at radius 2 is 1.95 bits per heavy atom. The Bertz CT molecular complexity index is 1720. The molecule has 4 aromatic heterocycles. The van der Waals surface area contributed by atoms with E-state index in [1.54, 1.807) is 40.9 Å². The molecule has 196 valence electrons. The van der Waals surface area contributed by atoms with Gasteiger partial charge in [-0.05, 0) is 55.5 Å². The molecule has 1 unspecified atom stereocenters. The topological polar surface area (TPSA) is 97.1 Å². The van der Waals surface area contributed by atoms with Crippen LogP contribution in [0, 0.1) is 5.82 Å². The highest BCUT2D eigenvalue weighted by Crippen LogP contribution is 2.32. The summed E-state index contributed by atoms with van der Waals surface area (Å²) in [5.41, 5.74) is -2.04. The third-order valence-corrected chi connectivity index (χ3v) is 6.28. The van der Waals surface area contributed by atoms with Crippen molar-refractivity contribution in [2.45, 2.75) is 38.5 Å². The van der Waals surface area contributed by atoms with E-state index in [0.717, 1.165) is 6.20 Å². The summed E-state index contributed by atoms with van der Waals surface area (Å²) in [6.07, 6.45) is 2.06. The molecule has 5 rings (SSSR count). The van der Waals surface area contributed by atoms with Crippen LogP contribution >= 0.6 is 0 Å². The van der Waals surface area contributed by atoms with Gasteiger partial charge in [-0.25, -0.2) is 14.5 Å². The number of aromatic amines is 1. The first-order chi connectivity index (χ1) is 18.1. The van der Waals surface area contributed by atoms with Crippen LogP contribution in [-0.2, 0) is 12.7 Å². The molecule has 38 heavy (non-hydrogen) atoms. The lowest BCUT2D eigenvalue weighted by Crippen LogP contribution is -2.27. The van der Waals surface area contributed by atoms with E-state index in [1.165, 1.54) is 10.6 Å². The highest BCUT2D eigenvalue weighted by atomic mass is 19.4. The van der Waals surface area contributed by atoms with Gasteiger partial charge in [0.15, 0.2) is 0 Å². The van der Waals surface area contributed by atoms with E-state index < -0.39 is 34.8 Å². The average molecular weight is 526 g/mol. The molecule has 0 bridgehead atoms. The second-order valence-corrected chi connectivity index (χ2v) is 9.00. The van der Waals surface area contributed by atoms with E-state index in [9.17, 15) is 22.8 Å². The maximum absolute atomic E-state index is 15.0. The first-order valence-corrected chi connectivity index (χ1v) is 11.8. The maximum atomic E-state index is 15.0. The fourth-order valence-corrected chi connectivity index (χ4v) is 4.44. The Morgan fingerprint density at radius 1 is 1.13 bits per heavy atom. The van der Waals surface area contributed by atoms with E-state index in [2.05, 4.69) is 15.4 Å². The largest absolute Gasteiger partial charge is 0.423 e. The van der Waals surface area contributed by atoms with Crippen LogP contribution in [0.3, 0.4) is 0 Å². The fourth-order valence-electron chi connectivity index (χ4n) is 4.44. The number of aromatic nitrogens is 5. The molecule has 0 fully saturated rings. The first-order valence-electron chi connectivity index (χ1n) is 11.8. The van der Waals surface area contributed by atoms with Crippen molar-refractivity contribution in [2.24, 2.45) is 0 Å². The first kappa shape index (κ1) is 25.2. The number of rotatable bonds is 7. The zero-order valence-electron chi connectivity index (χ0n) is 20.1. The maximum Gasteiger partial charge on any atom is 0.423 e. The van der Waals surface area contributed by atoms with E-state index in [0.29, 0.717) is 29.6 Å². The van der Waals surface area contributed by atoms with Gasteiger partial charge >= 0.3 is 6.18 Å². The fraction of sp³-hybridized carbons (Fsp3) is 0.231. The number of hydrogen-bond acceptors (Lipinski definition) is 5. The van der Waals surface area contributed by atoms with Crippen molar-refractivity contribution < 1.29 is 17.6 Å². The lowest BCUT2D eigenvalue weighted by atomic mass is 10.1. The zero-order chi connectivity index (χ0) is 27.0. The molecule has 0 amide bonds. The van der Waals surface area contributed by atoms with Crippen molar-refractivity contribution in [2.75, 3.05) is 5.32 Å². The molecule has 2 N–H and O–H groups in total. The van der Waals surface area contributed by atoms with Gasteiger partial charge in [-0.2, -0.15) is 18.3 Å². The number of H-pyrrole nitrogens is 1. The Labute approximate surface area is 212 Å². The van der Waals surface area contributed by atoms with Gasteiger partial charge in [-0.3, -0.25) is 9.59 Å². The van der Waals surface area contributed by atoms with Gasteiger partial charge in [-0.15, -0.1) is 0 Å². The number of halogens is 4. The Morgan fingerprint density at radius 3 is 2.71 bits per heavy atom. The van der Waals surface area contributed by atoms with Crippen molar-refractivity contribution in [3.8, 4) is 11.3 Å². The predicted octanol–water partition coefficient (Wildman–Crippen LogP) is 4.84. The van der Waals surface area contributed by atoms with Crippen LogP contribution < -0.4 is 16.4 Å². The normalized spacial score (nSPS) is 12.8. The van der Waals surface area contributed by atoms with Crippen LogP contribution in [0.15, 0.2) is 70.8 Å². The second-order valence-electron chi connectivity index (χ2n) is 9.00. The number of pyridine rings is 2. The quantitative estimate of drug-likeness (QED) is 0.296. The van der Waals surface area contributed by atoms with Crippen molar-refractivity contribution in [1.29, 1.82) is 0 Å². The van der Waals surface area contributed by atoms with Gasteiger partial charge in [0.2, 0.25) is 0 Å². The van der Waals surface area contributed by atoms with Crippen LogP contribution in [0.2, 0.25) is 0 Å². The smallest absolute Gasteiger partial charge is 0.381 e. The molecule has 1 atom stereocenters. The summed E-state index contributed by atoms with van der Waals surface area (Å²) in [5.74, 6) is -0.569. The van der Waals surface area contributed by atoms with Crippen molar-refractivity contribution in [3.63, 3.8) is 0 Å². The predicted molar refractivity (Wildman–Crippen MR) is 135 cm³/mol. The zero-order valence-corrected chi connectivity index (χ0v) is 20.1. The monoisotopic (exact) mass is 526 g/mol. The van der Waals surface area contributed by atoms with Gasteiger partial charge < -0.3 is 14.3 Å². The molecular formula is C26H22F4N6O2. The molecule has 0 saturated heterocycles. The van der Waals surface area contributed by atoms with Crippen LogP contribution in [0.4, 0.5) is 23.2 Å². The summed E-state index contributed by atoms with van der Waals surface area (Å²) in [6.45, 7) is 1.94. The highest BCUT2D eigenvalue weighted by Gasteiger charge is 2.37. The van der Waals surface area contributed by atoms with Crippen molar-refractivity contribution in [1.82, 2.24) is 24.1 Å². The number of alkyl halides is 3. The highest BCUT2D eigenvalue weighted by molar-refractivity contribution is 5.86. The minimum atomic E-state index is -4.84. The number of imidazole rings is 1. The molecule has 0 radical (unpaired) electrons. The minimum Gasteiger partial charge on any atom is -0.381 e. The summed E-state index contributed by atoms with van der Waals surface area (Å²) in [4.78, 5) is 29.1. The molecule has 4 heterocycles. The van der Waals surface area contributed by atoms with Gasteiger partial charge in [0, 0.05) is 36.7 Å². The Kier molecular flexibility index (Phi) is 6.47. The van der Waals surface area contributed by atoms with E-state index in [4.69, 9.17) is 0 Å². The molecule has 8 nitrogen and oxygen atoms in total. The molecule has 0 saturated carbocycles. The number of benzene rings is 1. The van der Waals surface area contributed by atoms with Gasteiger partial charge in [0.25, 0.3) is 11.1 Å². The van der Waals surface area contributed by atoms with Crippen LogP contribution in [0.5, 0.6) is 0 Å². The summed E-state index contributed by atoms with van der Waals surface area (Å²) in [6, 6.07) is 9.56. The molecule has 0 aliphatic rings. The molecule has 0 aliphatic heterocycles. The Hall–Kier alpha value is -4.48. The number of aryl methyl sites for hydroxylation is 1. The number of hydrogen-bond donors (Lipinski definition) is 2. The van der Waals surface area contributed by atoms with Crippen LogP contribution in [-0.4, -0.2) is 30.2 Å². The summed E-state index contributed by atoms with van der Waals surface area (Å²) >= 11 is 0. The van der Waals surface area contributed by atoms with Crippen LogP contribution in [0.1, 0.15) is 25.3 Å². The van der Waals surface area contributed by atoms with E-state index >= 15 is 4.39 Å². The van der Waals surface area contributed by atoms with E-state index in [-0.39, 0.29) is 23.1 Å². The van der Waals surface area contributed by atoms with Crippen molar-refractivity contribution >= 4 is 22.1 Å².